The maximum absolute atomic E-state index is 5.31. The van der Waals surface area contributed by atoms with Crippen LogP contribution in [0.1, 0.15) is 51.5 Å². The van der Waals surface area contributed by atoms with Crippen LogP contribution in [0.4, 0.5) is 0 Å². The monoisotopic (exact) mass is 289 g/mol. The number of rotatable bonds is 8. The van der Waals surface area contributed by atoms with Crippen LogP contribution in [0.3, 0.4) is 0 Å². The van der Waals surface area contributed by atoms with Gasteiger partial charge in [0, 0.05) is 25.2 Å². The van der Waals surface area contributed by atoms with E-state index in [9.17, 15) is 0 Å². The zero-order valence-electron chi connectivity index (χ0n) is 13.9. The highest BCUT2D eigenvalue weighted by Gasteiger charge is 2.44. The quantitative estimate of drug-likeness (QED) is 0.776. The van der Waals surface area contributed by atoms with Crippen molar-refractivity contribution in [1.29, 1.82) is 0 Å². The Labute approximate surface area is 130 Å². The summed E-state index contributed by atoms with van der Waals surface area (Å²) in [5.74, 6) is 0.628. The molecule has 1 aromatic rings. The van der Waals surface area contributed by atoms with Crippen molar-refractivity contribution in [3.63, 3.8) is 0 Å². The van der Waals surface area contributed by atoms with Crippen LogP contribution in [0.2, 0.25) is 0 Å². The van der Waals surface area contributed by atoms with E-state index in [0.717, 1.165) is 19.6 Å². The normalized spacial score (nSPS) is 20.3. The van der Waals surface area contributed by atoms with E-state index in [4.69, 9.17) is 4.74 Å². The summed E-state index contributed by atoms with van der Waals surface area (Å²) in [6.45, 7) is 6.50. The predicted octanol–water partition coefficient (Wildman–Crippen LogP) is 4.15. The third kappa shape index (κ3) is 3.67. The van der Waals surface area contributed by atoms with Crippen LogP contribution >= 0.6 is 0 Å². The molecule has 1 aliphatic carbocycles. The molecule has 0 heterocycles. The first kappa shape index (κ1) is 16.5. The van der Waals surface area contributed by atoms with Crippen molar-refractivity contribution < 1.29 is 4.74 Å². The molecule has 1 aromatic carbocycles. The van der Waals surface area contributed by atoms with Gasteiger partial charge in [0.15, 0.2) is 0 Å². The molecule has 118 valence electrons. The molecule has 0 aromatic heterocycles. The first-order valence-corrected chi connectivity index (χ1v) is 8.52. The van der Waals surface area contributed by atoms with Crippen LogP contribution in [0.25, 0.3) is 0 Å². The van der Waals surface area contributed by atoms with Crippen molar-refractivity contribution in [1.82, 2.24) is 5.32 Å². The number of nitrogens with one attached hydrogen (secondary N) is 1. The molecule has 1 saturated carbocycles. The summed E-state index contributed by atoms with van der Waals surface area (Å²) in [6, 6.07) is 11.7. The molecule has 0 amide bonds. The second kappa shape index (κ2) is 7.95. The summed E-state index contributed by atoms with van der Waals surface area (Å²) in [4.78, 5) is 0. The van der Waals surface area contributed by atoms with E-state index in [0.29, 0.717) is 17.4 Å². The minimum atomic E-state index is 0.310. The fourth-order valence-corrected chi connectivity index (χ4v) is 4.19. The number of hydrogen-bond donors (Lipinski definition) is 1. The van der Waals surface area contributed by atoms with Crippen LogP contribution < -0.4 is 5.32 Å². The summed E-state index contributed by atoms with van der Waals surface area (Å²) < 4.78 is 5.31. The predicted molar refractivity (Wildman–Crippen MR) is 89.7 cm³/mol. The van der Waals surface area contributed by atoms with Crippen molar-refractivity contribution in [2.75, 3.05) is 20.3 Å². The average Bonchev–Trinajstić information content (AvgIpc) is 3.01. The Bertz CT molecular complexity index is 397. The summed E-state index contributed by atoms with van der Waals surface area (Å²) >= 11 is 0. The molecular formula is C19H31NO. The number of ether oxygens (including phenoxy) is 1. The highest BCUT2D eigenvalue weighted by Crippen LogP contribution is 2.46. The Kier molecular flexibility index (Phi) is 6.25. The van der Waals surface area contributed by atoms with E-state index in [1.807, 2.05) is 0 Å². The molecule has 2 rings (SSSR count). The number of benzene rings is 1. The first-order chi connectivity index (χ1) is 10.2. The van der Waals surface area contributed by atoms with Gasteiger partial charge in [-0.25, -0.2) is 0 Å². The molecule has 1 fully saturated rings. The highest BCUT2D eigenvalue weighted by molar-refractivity contribution is 5.29. The lowest BCUT2D eigenvalue weighted by Crippen LogP contribution is -2.51. The van der Waals surface area contributed by atoms with Gasteiger partial charge in [0.25, 0.3) is 0 Å². The minimum Gasteiger partial charge on any atom is -0.385 e. The van der Waals surface area contributed by atoms with Crippen LogP contribution in [-0.2, 0) is 10.2 Å². The Balaban J connectivity index is 2.28. The van der Waals surface area contributed by atoms with Crippen LogP contribution in [0, 0.1) is 5.92 Å². The summed E-state index contributed by atoms with van der Waals surface area (Å²) in [6.07, 6.45) is 6.46. The van der Waals surface area contributed by atoms with E-state index in [2.05, 4.69) is 49.5 Å². The molecule has 0 radical (unpaired) electrons. The standard InChI is InChI=1S/C19H31NO/c1-4-20-18(16(2)12-15-21-3)19(13-8-9-14-19)17-10-6-5-7-11-17/h5-7,10-11,16,18,20H,4,8-9,12-15H2,1-3H3. The Morgan fingerprint density at radius 2 is 1.86 bits per heavy atom. The van der Waals surface area contributed by atoms with E-state index in [-0.39, 0.29) is 0 Å². The number of methoxy groups -OCH3 is 1. The van der Waals surface area contributed by atoms with Gasteiger partial charge in [-0.1, -0.05) is 57.0 Å². The molecule has 2 nitrogen and oxygen atoms in total. The lowest BCUT2D eigenvalue weighted by molar-refractivity contribution is 0.148. The van der Waals surface area contributed by atoms with Gasteiger partial charge < -0.3 is 10.1 Å². The first-order valence-electron chi connectivity index (χ1n) is 8.52. The summed E-state index contributed by atoms with van der Waals surface area (Å²) in [5.41, 5.74) is 1.84. The molecule has 0 bridgehead atoms. The van der Waals surface area contributed by atoms with Crippen molar-refractivity contribution >= 4 is 0 Å². The zero-order valence-corrected chi connectivity index (χ0v) is 13.9. The molecular weight excluding hydrogens is 258 g/mol. The number of hydrogen-bond acceptors (Lipinski definition) is 2. The van der Waals surface area contributed by atoms with Crippen molar-refractivity contribution in [2.45, 2.75) is 57.4 Å². The van der Waals surface area contributed by atoms with Gasteiger partial charge in [0.1, 0.15) is 0 Å². The van der Waals surface area contributed by atoms with E-state index >= 15 is 0 Å². The van der Waals surface area contributed by atoms with Crippen molar-refractivity contribution in [2.24, 2.45) is 5.92 Å². The second-order valence-corrected chi connectivity index (χ2v) is 6.52. The fraction of sp³-hybridized carbons (Fsp3) is 0.684. The summed E-state index contributed by atoms with van der Waals surface area (Å²) in [5, 5.41) is 3.82. The van der Waals surface area contributed by atoms with Gasteiger partial charge in [-0.2, -0.15) is 0 Å². The maximum atomic E-state index is 5.31. The molecule has 0 spiro atoms. The van der Waals surface area contributed by atoms with Crippen molar-refractivity contribution in [3.8, 4) is 0 Å². The van der Waals surface area contributed by atoms with Gasteiger partial charge in [0.2, 0.25) is 0 Å². The lowest BCUT2D eigenvalue weighted by atomic mass is 9.68. The molecule has 0 aliphatic heterocycles. The molecule has 1 N–H and O–H groups in total. The second-order valence-electron chi connectivity index (χ2n) is 6.52. The Morgan fingerprint density at radius 3 is 2.43 bits per heavy atom. The van der Waals surface area contributed by atoms with E-state index in [1.165, 1.54) is 31.2 Å². The Morgan fingerprint density at radius 1 is 1.19 bits per heavy atom. The van der Waals surface area contributed by atoms with E-state index in [1.54, 1.807) is 7.11 Å². The van der Waals surface area contributed by atoms with Gasteiger partial charge in [-0.05, 0) is 37.3 Å². The average molecular weight is 289 g/mol. The Hall–Kier alpha value is -0.860. The van der Waals surface area contributed by atoms with Crippen LogP contribution in [-0.4, -0.2) is 26.3 Å². The van der Waals surface area contributed by atoms with E-state index < -0.39 is 0 Å². The molecule has 21 heavy (non-hydrogen) atoms. The molecule has 2 atom stereocenters. The highest BCUT2D eigenvalue weighted by atomic mass is 16.5. The van der Waals surface area contributed by atoms with Crippen LogP contribution in [0.5, 0.6) is 0 Å². The fourth-order valence-electron chi connectivity index (χ4n) is 4.19. The van der Waals surface area contributed by atoms with Crippen molar-refractivity contribution in [3.05, 3.63) is 35.9 Å². The third-order valence-corrected chi connectivity index (χ3v) is 5.21. The van der Waals surface area contributed by atoms with Gasteiger partial charge in [0.05, 0.1) is 0 Å². The maximum Gasteiger partial charge on any atom is 0.0465 e. The lowest BCUT2D eigenvalue weighted by Gasteiger charge is -2.42. The van der Waals surface area contributed by atoms with Gasteiger partial charge in [-0.15, -0.1) is 0 Å². The molecule has 0 saturated heterocycles. The SMILES string of the molecule is CCNC(C(C)CCOC)C1(c2ccccc2)CCCC1. The number of likely N-dealkylation sites (N-methyl/N-ethyl adjacent to an activating group) is 1. The largest absolute Gasteiger partial charge is 0.385 e. The smallest absolute Gasteiger partial charge is 0.0465 e. The van der Waals surface area contributed by atoms with Gasteiger partial charge >= 0.3 is 0 Å². The van der Waals surface area contributed by atoms with Crippen LogP contribution in [0.15, 0.2) is 30.3 Å². The minimum absolute atomic E-state index is 0.310. The molecule has 1 aliphatic rings. The topological polar surface area (TPSA) is 21.3 Å². The zero-order chi connectivity index (χ0) is 15.1. The molecule has 2 heteroatoms. The van der Waals surface area contributed by atoms with Gasteiger partial charge in [-0.3, -0.25) is 0 Å². The molecule has 2 unspecified atom stereocenters. The third-order valence-electron chi connectivity index (χ3n) is 5.21. The summed E-state index contributed by atoms with van der Waals surface area (Å²) in [7, 11) is 1.80.